The van der Waals surface area contributed by atoms with E-state index in [-0.39, 0.29) is 5.88 Å². The molecule has 0 unspecified atom stereocenters. The molecule has 1 heterocycles. The van der Waals surface area contributed by atoms with Gasteiger partial charge in [0, 0.05) is 22.4 Å². The van der Waals surface area contributed by atoms with Crippen molar-refractivity contribution in [3.05, 3.63) is 58.6 Å². The smallest absolute Gasteiger partial charge is 0.221 e. The highest BCUT2D eigenvalue weighted by Crippen LogP contribution is 2.39. The lowest BCUT2D eigenvalue weighted by Gasteiger charge is -2.13. The maximum Gasteiger partial charge on any atom is 0.221 e. The van der Waals surface area contributed by atoms with E-state index >= 15 is 0 Å². The van der Waals surface area contributed by atoms with Crippen LogP contribution in [0.5, 0.6) is 11.6 Å². The number of rotatable bonds is 5. The molecule has 2 N–H and O–H groups in total. The van der Waals surface area contributed by atoms with Crippen LogP contribution in [0.2, 0.25) is 5.02 Å². The summed E-state index contributed by atoms with van der Waals surface area (Å²) in [7, 11) is 1.59. The fourth-order valence-corrected chi connectivity index (χ4v) is 3.82. The van der Waals surface area contributed by atoms with Crippen LogP contribution < -0.4 is 4.74 Å². The molecule has 24 heavy (non-hydrogen) atoms. The molecule has 6 heteroatoms. The van der Waals surface area contributed by atoms with Crippen molar-refractivity contribution in [2.75, 3.05) is 7.11 Å². The molecule has 0 atom stereocenters. The normalized spacial score (nSPS) is 10.8. The lowest BCUT2D eigenvalue weighted by Crippen LogP contribution is -1.95. The molecule has 0 radical (unpaired) electrons. The number of halogens is 1. The van der Waals surface area contributed by atoms with Crippen molar-refractivity contribution in [2.24, 2.45) is 0 Å². The summed E-state index contributed by atoms with van der Waals surface area (Å²) in [6, 6.07) is 13.1. The van der Waals surface area contributed by atoms with E-state index in [4.69, 9.17) is 21.7 Å². The molecule has 0 spiro atoms. The number of benzene rings is 2. The number of hydrogen-bond acceptors (Lipinski definition) is 5. The number of ether oxygens (including phenoxy) is 1. The fraction of sp³-hybridized carbons (Fsp3) is 0.111. The Kier molecular flexibility index (Phi) is 4.92. The lowest BCUT2D eigenvalue weighted by molar-refractivity contribution is 0.418. The molecular formula is C18H15ClN2O2S. The van der Waals surface area contributed by atoms with Crippen LogP contribution in [0, 0.1) is 5.41 Å². The molecule has 3 rings (SSSR count). The Morgan fingerprint density at radius 2 is 2.04 bits per heavy atom. The first-order valence-corrected chi connectivity index (χ1v) is 8.58. The van der Waals surface area contributed by atoms with Crippen LogP contribution in [-0.2, 0) is 5.75 Å². The van der Waals surface area contributed by atoms with Crippen LogP contribution in [0.3, 0.4) is 0 Å². The van der Waals surface area contributed by atoms with Crippen molar-refractivity contribution in [3.63, 3.8) is 0 Å². The van der Waals surface area contributed by atoms with Gasteiger partial charge in [0.05, 0.1) is 18.1 Å². The Bertz CT molecular complexity index is 915. The van der Waals surface area contributed by atoms with Crippen LogP contribution in [-0.4, -0.2) is 23.4 Å². The SMILES string of the molecule is COc1cccc2c(C=N)c(O)nc(SCc3ccccc3Cl)c12. The van der Waals surface area contributed by atoms with E-state index in [2.05, 4.69) is 4.98 Å². The van der Waals surface area contributed by atoms with E-state index in [0.717, 1.165) is 22.6 Å². The van der Waals surface area contributed by atoms with Crippen LogP contribution >= 0.6 is 23.4 Å². The molecule has 0 bridgehead atoms. The Balaban J connectivity index is 2.10. The number of aromatic nitrogens is 1. The van der Waals surface area contributed by atoms with Crippen LogP contribution in [0.15, 0.2) is 47.5 Å². The summed E-state index contributed by atoms with van der Waals surface area (Å²) in [5.74, 6) is 1.11. The van der Waals surface area contributed by atoms with Gasteiger partial charge in [-0.3, -0.25) is 0 Å². The topological polar surface area (TPSA) is 66.2 Å². The number of hydrogen-bond donors (Lipinski definition) is 2. The van der Waals surface area contributed by atoms with Crippen LogP contribution in [0.25, 0.3) is 10.8 Å². The van der Waals surface area contributed by atoms with Gasteiger partial charge in [-0.25, -0.2) is 4.98 Å². The van der Waals surface area contributed by atoms with Crippen LogP contribution in [0.4, 0.5) is 0 Å². The zero-order chi connectivity index (χ0) is 17.1. The number of fused-ring (bicyclic) bond motifs is 1. The molecular weight excluding hydrogens is 344 g/mol. The number of thioether (sulfide) groups is 1. The molecule has 0 saturated carbocycles. The lowest BCUT2D eigenvalue weighted by atomic mass is 10.1. The number of methoxy groups -OCH3 is 1. The van der Waals surface area contributed by atoms with Crippen molar-refractivity contribution < 1.29 is 9.84 Å². The zero-order valence-electron chi connectivity index (χ0n) is 12.9. The van der Waals surface area contributed by atoms with E-state index in [1.54, 1.807) is 7.11 Å². The summed E-state index contributed by atoms with van der Waals surface area (Å²) in [6.07, 6.45) is 1.10. The van der Waals surface area contributed by atoms with E-state index < -0.39 is 0 Å². The third-order valence-electron chi connectivity index (χ3n) is 3.67. The summed E-state index contributed by atoms with van der Waals surface area (Å²) in [5.41, 5.74) is 1.37. The van der Waals surface area contributed by atoms with Crippen molar-refractivity contribution >= 4 is 40.3 Å². The van der Waals surface area contributed by atoms with Gasteiger partial charge in [0.15, 0.2) is 0 Å². The first kappa shape index (κ1) is 16.6. The maximum absolute atomic E-state index is 10.2. The standard InChI is InChI=1S/C18H15ClN2O2S/c1-23-15-8-4-6-12-13(9-20)17(22)21-18(16(12)15)24-10-11-5-2-3-7-14(11)19/h2-9,20H,10H2,1H3,(H,21,22). The quantitative estimate of drug-likeness (QED) is 0.503. The van der Waals surface area contributed by atoms with Gasteiger partial charge in [-0.2, -0.15) is 0 Å². The van der Waals surface area contributed by atoms with E-state index in [1.807, 2.05) is 42.5 Å². The van der Waals surface area contributed by atoms with Crippen LogP contribution in [0.1, 0.15) is 11.1 Å². The van der Waals surface area contributed by atoms with Gasteiger partial charge in [0.1, 0.15) is 10.8 Å². The Labute approximate surface area is 149 Å². The highest BCUT2D eigenvalue weighted by molar-refractivity contribution is 7.98. The fourth-order valence-electron chi connectivity index (χ4n) is 2.49. The van der Waals surface area contributed by atoms with E-state index in [1.165, 1.54) is 11.8 Å². The second-order valence-corrected chi connectivity index (χ2v) is 6.43. The molecule has 1 aromatic heterocycles. The molecule has 4 nitrogen and oxygen atoms in total. The molecule has 0 amide bonds. The minimum Gasteiger partial charge on any atom is -0.496 e. The summed E-state index contributed by atoms with van der Waals surface area (Å²) in [4.78, 5) is 4.27. The van der Waals surface area contributed by atoms with Gasteiger partial charge in [0.2, 0.25) is 5.88 Å². The first-order chi connectivity index (χ1) is 11.7. The van der Waals surface area contributed by atoms with Gasteiger partial charge in [-0.05, 0) is 17.7 Å². The molecule has 0 aliphatic carbocycles. The van der Waals surface area contributed by atoms with Gasteiger partial charge < -0.3 is 15.3 Å². The minimum atomic E-state index is -0.160. The second-order valence-electron chi connectivity index (χ2n) is 5.06. The van der Waals surface area contributed by atoms with Crippen molar-refractivity contribution in [1.82, 2.24) is 4.98 Å². The molecule has 122 valence electrons. The van der Waals surface area contributed by atoms with Crippen molar-refractivity contribution in [1.29, 1.82) is 5.41 Å². The number of nitrogens with zero attached hydrogens (tertiary/aromatic N) is 1. The predicted molar refractivity (Wildman–Crippen MR) is 98.9 cm³/mol. The molecule has 0 saturated heterocycles. The highest BCUT2D eigenvalue weighted by atomic mass is 35.5. The third-order valence-corrected chi connectivity index (χ3v) is 5.06. The summed E-state index contributed by atoms with van der Waals surface area (Å²) in [5, 5.41) is 20.6. The van der Waals surface area contributed by atoms with Gasteiger partial charge in [0.25, 0.3) is 0 Å². The average Bonchev–Trinajstić information content (AvgIpc) is 2.60. The third kappa shape index (κ3) is 3.05. The van der Waals surface area contributed by atoms with Crippen molar-refractivity contribution in [2.45, 2.75) is 10.8 Å². The monoisotopic (exact) mass is 358 g/mol. The molecule has 3 aromatic rings. The number of aromatic hydroxyl groups is 1. The number of pyridine rings is 1. The highest BCUT2D eigenvalue weighted by Gasteiger charge is 2.16. The van der Waals surface area contributed by atoms with E-state index in [9.17, 15) is 5.11 Å². The summed E-state index contributed by atoms with van der Waals surface area (Å²) >= 11 is 7.68. The largest absolute Gasteiger partial charge is 0.496 e. The molecule has 2 aromatic carbocycles. The average molecular weight is 359 g/mol. The zero-order valence-corrected chi connectivity index (χ0v) is 14.5. The second kappa shape index (κ2) is 7.11. The maximum atomic E-state index is 10.2. The number of nitrogens with one attached hydrogen (secondary N) is 1. The Morgan fingerprint density at radius 3 is 2.75 bits per heavy atom. The Morgan fingerprint density at radius 1 is 1.25 bits per heavy atom. The first-order valence-electron chi connectivity index (χ1n) is 7.22. The molecule has 0 fully saturated rings. The van der Waals surface area contributed by atoms with Crippen molar-refractivity contribution in [3.8, 4) is 11.6 Å². The molecule has 0 aliphatic heterocycles. The minimum absolute atomic E-state index is 0.160. The van der Waals surface area contributed by atoms with Gasteiger partial charge in [-0.1, -0.05) is 41.9 Å². The summed E-state index contributed by atoms with van der Waals surface area (Å²) < 4.78 is 5.45. The predicted octanol–water partition coefficient (Wildman–Crippen LogP) is 4.89. The summed E-state index contributed by atoms with van der Waals surface area (Å²) in [6.45, 7) is 0. The van der Waals surface area contributed by atoms with Gasteiger partial charge in [-0.15, -0.1) is 11.8 Å². The molecule has 0 aliphatic rings. The Hall–Kier alpha value is -2.24. The van der Waals surface area contributed by atoms with E-state index in [0.29, 0.717) is 27.1 Å². The van der Waals surface area contributed by atoms with Gasteiger partial charge >= 0.3 is 0 Å².